The summed E-state index contributed by atoms with van der Waals surface area (Å²) in [5, 5.41) is 9.34. The topological polar surface area (TPSA) is 20.2 Å². The molecule has 1 N–H and O–H groups in total. The van der Waals surface area contributed by atoms with Gasteiger partial charge in [0.2, 0.25) is 0 Å². The van der Waals surface area contributed by atoms with Gasteiger partial charge in [0.1, 0.15) is 5.82 Å². The van der Waals surface area contributed by atoms with E-state index in [2.05, 4.69) is 15.9 Å². The molecule has 15 heavy (non-hydrogen) atoms. The molecule has 0 aliphatic heterocycles. The lowest BCUT2D eigenvalue weighted by Gasteiger charge is -2.29. The zero-order chi connectivity index (χ0) is 11.9. The summed E-state index contributed by atoms with van der Waals surface area (Å²) in [4.78, 5) is -3.55. The minimum Gasteiger partial charge on any atom is -0.378 e. The van der Waals surface area contributed by atoms with Crippen molar-refractivity contribution in [1.82, 2.24) is 0 Å². The zero-order valence-electron chi connectivity index (χ0n) is 7.57. The van der Waals surface area contributed by atoms with Crippen LogP contribution in [-0.4, -0.2) is 9.94 Å². The third-order valence-electron chi connectivity index (χ3n) is 2.01. The molecule has 0 spiro atoms. The molecule has 1 atom stereocenters. The van der Waals surface area contributed by atoms with Crippen molar-refractivity contribution in [3.05, 3.63) is 34.6 Å². The molecule has 0 bridgehead atoms. The summed E-state index contributed by atoms with van der Waals surface area (Å²) in [5.74, 6) is -0.655. The van der Waals surface area contributed by atoms with E-state index in [1.807, 2.05) is 0 Å². The highest BCUT2D eigenvalue weighted by atomic mass is 79.9. The normalized spacial score (nSPS) is 16.2. The van der Waals surface area contributed by atoms with Crippen molar-refractivity contribution in [2.75, 3.05) is 0 Å². The molecule has 0 radical (unpaired) electrons. The molecule has 1 unspecified atom stereocenters. The van der Waals surface area contributed by atoms with Gasteiger partial charge in [0.25, 0.3) is 0 Å². The Balaban J connectivity index is 3.28. The van der Waals surface area contributed by atoms with Crippen LogP contribution in [0.3, 0.4) is 0 Å². The van der Waals surface area contributed by atoms with E-state index in [-0.39, 0.29) is 10.6 Å². The SMILES string of the molecule is CC(O)(c1ccc(F)cc1Cl)C(F)(F)Br. The van der Waals surface area contributed by atoms with Crippen LogP contribution in [0.1, 0.15) is 12.5 Å². The number of rotatable bonds is 2. The van der Waals surface area contributed by atoms with Crippen molar-refractivity contribution in [2.45, 2.75) is 17.4 Å². The van der Waals surface area contributed by atoms with Gasteiger partial charge in [-0.15, -0.1) is 0 Å². The van der Waals surface area contributed by atoms with Gasteiger partial charge < -0.3 is 5.11 Å². The molecule has 1 nitrogen and oxygen atoms in total. The fraction of sp³-hybridized carbons (Fsp3) is 0.333. The third kappa shape index (κ3) is 2.46. The van der Waals surface area contributed by atoms with Crippen LogP contribution in [0.4, 0.5) is 13.2 Å². The van der Waals surface area contributed by atoms with Gasteiger partial charge in [-0.25, -0.2) is 4.39 Å². The van der Waals surface area contributed by atoms with Gasteiger partial charge in [-0.2, -0.15) is 8.78 Å². The van der Waals surface area contributed by atoms with Crippen LogP contribution in [0, 0.1) is 5.82 Å². The summed E-state index contributed by atoms with van der Waals surface area (Å²) < 4.78 is 38.6. The van der Waals surface area contributed by atoms with Crippen LogP contribution in [0.2, 0.25) is 5.02 Å². The minimum atomic E-state index is -3.55. The van der Waals surface area contributed by atoms with Crippen LogP contribution in [0.5, 0.6) is 0 Å². The maximum Gasteiger partial charge on any atom is 0.333 e. The Bertz CT molecular complexity index is 376. The Morgan fingerprint density at radius 2 is 1.93 bits per heavy atom. The molecule has 0 amide bonds. The summed E-state index contributed by atoms with van der Waals surface area (Å²) in [6.07, 6.45) is 0. The average molecular weight is 304 g/mol. The number of aliphatic hydroxyl groups is 1. The van der Waals surface area contributed by atoms with E-state index in [1.54, 1.807) is 0 Å². The van der Waals surface area contributed by atoms with Crippen molar-refractivity contribution in [3.63, 3.8) is 0 Å². The quantitative estimate of drug-likeness (QED) is 0.827. The number of halogens is 5. The molecule has 0 aliphatic rings. The first-order valence-corrected chi connectivity index (χ1v) is 5.08. The van der Waals surface area contributed by atoms with Crippen LogP contribution >= 0.6 is 27.5 Å². The first-order valence-electron chi connectivity index (χ1n) is 3.91. The predicted octanol–water partition coefficient (Wildman–Crippen LogP) is 3.67. The van der Waals surface area contributed by atoms with Crippen molar-refractivity contribution >= 4 is 27.5 Å². The van der Waals surface area contributed by atoms with Gasteiger partial charge in [-0.3, -0.25) is 0 Å². The lowest BCUT2D eigenvalue weighted by atomic mass is 9.96. The van der Waals surface area contributed by atoms with Gasteiger partial charge >= 0.3 is 4.83 Å². The van der Waals surface area contributed by atoms with Crippen molar-refractivity contribution in [3.8, 4) is 0 Å². The Hall–Kier alpha value is -0.260. The minimum absolute atomic E-state index is 0.243. The summed E-state index contributed by atoms with van der Waals surface area (Å²) in [7, 11) is 0. The Morgan fingerprint density at radius 3 is 2.33 bits per heavy atom. The second kappa shape index (κ2) is 3.96. The molecule has 84 valence electrons. The van der Waals surface area contributed by atoms with Crippen molar-refractivity contribution in [1.29, 1.82) is 0 Å². The standard InChI is InChI=1S/C9H7BrClF3O/c1-8(15,9(10,13)14)6-3-2-5(12)4-7(6)11/h2-4,15H,1H3. The smallest absolute Gasteiger partial charge is 0.333 e. The first-order chi connectivity index (χ1) is 6.66. The van der Waals surface area contributed by atoms with E-state index in [1.165, 1.54) is 0 Å². The Labute approximate surface area is 98.0 Å². The molecular weight excluding hydrogens is 296 g/mol. The average Bonchev–Trinajstić information content (AvgIpc) is 2.00. The molecule has 1 rings (SSSR count). The van der Waals surface area contributed by atoms with Crippen molar-refractivity contribution < 1.29 is 18.3 Å². The van der Waals surface area contributed by atoms with Crippen LogP contribution < -0.4 is 0 Å². The van der Waals surface area contributed by atoms with Crippen LogP contribution in [-0.2, 0) is 5.60 Å². The van der Waals surface area contributed by atoms with Crippen molar-refractivity contribution in [2.24, 2.45) is 0 Å². The lowest BCUT2D eigenvalue weighted by molar-refractivity contribution is -0.109. The van der Waals surface area contributed by atoms with Gasteiger partial charge in [0, 0.05) is 10.6 Å². The van der Waals surface area contributed by atoms with Crippen LogP contribution in [0.25, 0.3) is 0 Å². The molecule has 0 fully saturated rings. The van der Waals surface area contributed by atoms with E-state index < -0.39 is 16.3 Å². The molecule has 1 aromatic rings. The molecule has 0 saturated heterocycles. The Kier molecular flexibility index (Phi) is 3.38. The maximum atomic E-state index is 13.0. The monoisotopic (exact) mass is 302 g/mol. The Morgan fingerprint density at radius 1 is 1.40 bits per heavy atom. The second-order valence-corrected chi connectivity index (χ2v) is 4.60. The van der Waals surface area contributed by atoms with E-state index in [0.29, 0.717) is 0 Å². The predicted molar refractivity (Wildman–Crippen MR) is 54.9 cm³/mol. The van der Waals surface area contributed by atoms with E-state index in [0.717, 1.165) is 25.1 Å². The number of benzene rings is 1. The highest BCUT2D eigenvalue weighted by Gasteiger charge is 2.49. The largest absolute Gasteiger partial charge is 0.378 e. The number of hydrogen-bond donors (Lipinski definition) is 1. The molecule has 0 aromatic heterocycles. The summed E-state index contributed by atoms with van der Waals surface area (Å²) in [6, 6.07) is 2.84. The van der Waals surface area contributed by atoms with Gasteiger partial charge in [-0.05, 0) is 35.0 Å². The number of hydrogen-bond acceptors (Lipinski definition) is 1. The fourth-order valence-corrected chi connectivity index (χ4v) is 1.60. The molecular formula is C9H7BrClF3O. The van der Waals surface area contributed by atoms with E-state index in [4.69, 9.17) is 11.6 Å². The molecule has 0 heterocycles. The first kappa shape index (κ1) is 12.8. The summed E-state index contributed by atoms with van der Waals surface area (Å²) in [5.41, 5.74) is -2.75. The lowest BCUT2D eigenvalue weighted by Crippen LogP contribution is -2.38. The fourth-order valence-electron chi connectivity index (χ4n) is 1.04. The number of alkyl halides is 3. The summed E-state index contributed by atoms with van der Waals surface area (Å²) >= 11 is 7.62. The zero-order valence-corrected chi connectivity index (χ0v) is 9.91. The molecule has 1 aromatic carbocycles. The second-order valence-electron chi connectivity index (χ2n) is 3.19. The van der Waals surface area contributed by atoms with Crippen LogP contribution in [0.15, 0.2) is 18.2 Å². The molecule has 6 heteroatoms. The van der Waals surface area contributed by atoms with E-state index >= 15 is 0 Å². The highest BCUT2D eigenvalue weighted by Crippen LogP contribution is 2.44. The third-order valence-corrected chi connectivity index (χ3v) is 3.09. The van der Waals surface area contributed by atoms with Gasteiger partial charge in [0.15, 0.2) is 5.60 Å². The van der Waals surface area contributed by atoms with E-state index in [9.17, 15) is 18.3 Å². The molecule has 0 aliphatic carbocycles. The summed E-state index contributed by atoms with van der Waals surface area (Å²) in [6.45, 7) is 0.890. The highest BCUT2D eigenvalue weighted by molar-refractivity contribution is 9.10. The van der Waals surface area contributed by atoms with Gasteiger partial charge in [-0.1, -0.05) is 17.7 Å². The van der Waals surface area contributed by atoms with Gasteiger partial charge in [0.05, 0.1) is 0 Å². The maximum absolute atomic E-state index is 13.0. The molecule has 0 saturated carbocycles.